The normalized spacial score (nSPS) is 11.4. The average molecular weight is 282 g/mol. The van der Waals surface area contributed by atoms with Crippen LogP contribution < -0.4 is 4.72 Å². The van der Waals surface area contributed by atoms with Gasteiger partial charge in [0.05, 0.1) is 16.0 Å². The number of nitro benzene ring substituents is 1. The summed E-state index contributed by atoms with van der Waals surface area (Å²) in [6.07, 6.45) is 3.03. The summed E-state index contributed by atoms with van der Waals surface area (Å²) in [6.45, 7) is 0.0571. The van der Waals surface area contributed by atoms with Crippen LogP contribution in [0, 0.1) is 10.1 Å². The van der Waals surface area contributed by atoms with Gasteiger partial charge in [0.2, 0.25) is 10.0 Å². The monoisotopic (exact) mass is 282 g/mol. The van der Waals surface area contributed by atoms with Crippen LogP contribution in [0.3, 0.4) is 0 Å². The maximum absolute atomic E-state index is 11.9. The number of nitrogens with one attached hydrogen (secondary N) is 2. The maximum Gasteiger partial charge on any atom is 0.270 e. The van der Waals surface area contributed by atoms with E-state index in [-0.39, 0.29) is 17.1 Å². The van der Waals surface area contributed by atoms with Crippen LogP contribution in [0.5, 0.6) is 0 Å². The molecular formula is C10H10N4O4S. The third kappa shape index (κ3) is 3.14. The van der Waals surface area contributed by atoms with E-state index in [0.717, 1.165) is 6.07 Å². The van der Waals surface area contributed by atoms with Gasteiger partial charge in [-0.25, -0.2) is 13.1 Å². The first-order valence-electron chi connectivity index (χ1n) is 5.21. The summed E-state index contributed by atoms with van der Waals surface area (Å²) in [5.41, 5.74) is 0.389. The minimum Gasteiger partial charge on any atom is -0.285 e. The van der Waals surface area contributed by atoms with Crippen LogP contribution in [0.2, 0.25) is 0 Å². The van der Waals surface area contributed by atoms with Gasteiger partial charge in [-0.3, -0.25) is 15.2 Å². The Kier molecular flexibility index (Phi) is 3.58. The maximum atomic E-state index is 11.9. The third-order valence-electron chi connectivity index (χ3n) is 2.36. The highest BCUT2D eigenvalue weighted by molar-refractivity contribution is 7.89. The smallest absolute Gasteiger partial charge is 0.270 e. The van der Waals surface area contributed by atoms with E-state index in [9.17, 15) is 18.5 Å². The van der Waals surface area contributed by atoms with Crippen molar-refractivity contribution in [1.29, 1.82) is 0 Å². The second-order valence-electron chi connectivity index (χ2n) is 3.69. The van der Waals surface area contributed by atoms with E-state index in [2.05, 4.69) is 14.9 Å². The molecule has 0 atom stereocenters. The summed E-state index contributed by atoms with van der Waals surface area (Å²) in [4.78, 5) is 9.81. The van der Waals surface area contributed by atoms with E-state index in [0.29, 0.717) is 5.56 Å². The summed E-state index contributed by atoms with van der Waals surface area (Å²) in [5.74, 6) is 0. The lowest BCUT2D eigenvalue weighted by Gasteiger charge is -2.05. The molecule has 0 spiro atoms. The molecule has 0 saturated heterocycles. The van der Waals surface area contributed by atoms with Crippen molar-refractivity contribution in [2.45, 2.75) is 11.4 Å². The second-order valence-corrected chi connectivity index (χ2v) is 5.45. The second kappa shape index (κ2) is 5.16. The van der Waals surface area contributed by atoms with Gasteiger partial charge in [-0.15, -0.1) is 0 Å². The summed E-state index contributed by atoms with van der Waals surface area (Å²) in [7, 11) is -3.79. The average Bonchev–Trinajstić information content (AvgIpc) is 2.90. The Bertz CT molecular complexity index is 681. The number of nitrogens with zero attached hydrogens (tertiary/aromatic N) is 2. The number of benzene rings is 1. The fourth-order valence-corrected chi connectivity index (χ4v) is 2.46. The SMILES string of the molecule is O=[N+]([O-])c1cccc(S(=O)(=O)NCc2cn[nH]c2)c1. The topological polar surface area (TPSA) is 118 Å². The molecule has 19 heavy (non-hydrogen) atoms. The predicted octanol–water partition coefficient (Wildman–Crippen LogP) is 0.796. The van der Waals surface area contributed by atoms with Crippen molar-refractivity contribution in [2.75, 3.05) is 0 Å². The van der Waals surface area contributed by atoms with Gasteiger partial charge >= 0.3 is 0 Å². The Morgan fingerprint density at radius 3 is 2.84 bits per heavy atom. The molecule has 2 aromatic rings. The molecule has 1 aromatic heterocycles. The molecule has 0 amide bonds. The summed E-state index contributed by atoms with van der Waals surface area (Å²) >= 11 is 0. The highest BCUT2D eigenvalue weighted by Gasteiger charge is 2.17. The zero-order valence-corrected chi connectivity index (χ0v) is 10.4. The highest BCUT2D eigenvalue weighted by atomic mass is 32.2. The molecular weight excluding hydrogens is 272 g/mol. The van der Waals surface area contributed by atoms with Gasteiger partial charge in [0, 0.05) is 30.4 Å². The standard InChI is InChI=1S/C10H10N4O4S/c15-14(16)9-2-1-3-10(4-9)19(17,18)13-7-8-5-11-12-6-8/h1-6,13H,7H2,(H,11,12). The number of nitro groups is 1. The first-order chi connectivity index (χ1) is 8.99. The minimum atomic E-state index is -3.79. The first kappa shape index (κ1) is 13.2. The quantitative estimate of drug-likeness (QED) is 0.621. The van der Waals surface area contributed by atoms with Gasteiger partial charge in [0.15, 0.2) is 0 Å². The van der Waals surface area contributed by atoms with Crippen molar-refractivity contribution >= 4 is 15.7 Å². The van der Waals surface area contributed by atoms with E-state index >= 15 is 0 Å². The lowest BCUT2D eigenvalue weighted by molar-refractivity contribution is -0.385. The summed E-state index contributed by atoms with van der Waals surface area (Å²) in [6, 6.07) is 4.86. The molecule has 8 nitrogen and oxygen atoms in total. The van der Waals surface area contributed by atoms with Gasteiger partial charge in [-0.2, -0.15) is 5.10 Å². The number of aromatic nitrogens is 2. The van der Waals surface area contributed by atoms with Crippen molar-refractivity contribution in [3.8, 4) is 0 Å². The lowest BCUT2D eigenvalue weighted by Crippen LogP contribution is -2.23. The van der Waals surface area contributed by atoms with Gasteiger partial charge in [-0.1, -0.05) is 6.07 Å². The van der Waals surface area contributed by atoms with Crippen LogP contribution in [-0.4, -0.2) is 23.5 Å². The molecule has 2 rings (SSSR count). The number of rotatable bonds is 5. The van der Waals surface area contributed by atoms with E-state index in [1.165, 1.54) is 24.4 Å². The number of aromatic amines is 1. The molecule has 1 heterocycles. The molecule has 100 valence electrons. The number of hydrogen-bond donors (Lipinski definition) is 2. The molecule has 9 heteroatoms. The van der Waals surface area contributed by atoms with Crippen molar-refractivity contribution in [1.82, 2.24) is 14.9 Å². The number of sulfonamides is 1. The Hall–Kier alpha value is -2.26. The Morgan fingerprint density at radius 2 is 2.21 bits per heavy atom. The van der Waals surface area contributed by atoms with E-state index in [1.54, 1.807) is 6.20 Å². The number of hydrogen-bond acceptors (Lipinski definition) is 5. The molecule has 0 radical (unpaired) electrons. The van der Waals surface area contributed by atoms with Gasteiger partial charge in [-0.05, 0) is 6.07 Å². The number of H-pyrrole nitrogens is 1. The Labute approximate surface area is 108 Å². The summed E-state index contributed by atoms with van der Waals surface area (Å²) in [5, 5.41) is 16.8. The fraction of sp³-hybridized carbons (Fsp3) is 0.100. The minimum absolute atomic E-state index is 0.0571. The van der Waals surface area contributed by atoms with E-state index in [4.69, 9.17) is 0 Å². The zero-order chi connectivity index (χ0) is 13.9. The van der Waals surface area contributed by atoms with Crippen molar-refractivity contribution in [2.24, 2.45) is 0 Å². The third-order valence-corrected chi connectivity index (χ3v) is 3.76. The highest BCUT2D eigenvalue weighted by Crippen LogP contribution is 2.17. The molecule has 0 bridgehead atoms. The van der Waals surface area contributed by atoms with E-state index < -0.39 is 14.9 Å². The summed E-state index contributed by atoms with van der Waals surface area (Å²) < 4.78 is 26.2. The van der Waals surface area contributed by atoms with Gasteiger partial charge in [0.25, 0.3) is 5.69 Å². The van der Waals surface area contributed by atoms with Crippen LogP contribution >= 0.6 is 0 Å². The molecule has 1 aromatic carbocycles. The molecule has 0 saturated carbocycles. The Balaban J connectivity index is 2.19. The fourth-order valence-electron chi connectivity index (χ4n) is 1.40. The van der Waals surface area contributed by atoms with Crippen LogP contribution in [0.1, 0.15) is 5.56 Å². The van der Waals surface area contributed by atoms with Crippen LogP contribution in [0.15, 0.2) is 41.6 Å². The Morgan fingerprint density at radius 1 is 1.42 bits per heavy atom. The van der Waals surface area contributed by atoms with Crippen molar-refractivity contribution < 1.29 is 13.3 Å². The zero-order valence-electron chi connectivity index (χ0n) is 9.61. The molecule has 0 unspecified atom stereocenters. The van der Waals surface area contributed by atoms with Gasteiger partial charge in [0.1, 0.15) is 0 Å². The van der Waals surface area contributed by atoms with Crippen LogP contribution in [-0.2, 0) is 16.6 Å². The van der Waals surface area contributed by atoms with Gasteiger partial charge < -0.3 is 0 Å². The molecule has 0 aliphatic carbocycles. The number of non-ortho nitro benzene ring substituents is 1. The largest absolute Gasteiger partial charge is 0.285 e. The first-order valence-corrected chi connectivity index (χ1v) is 6.69. The van der Waals surface area contributed by atoms with Crippen LogP contribution in [0.4, 0.5) is 5.69 Å². The van der Waals surface area contributed by atoms with Crippen molar-refractivity contribution in [3.05, 3.63) is 52.3 Å². The van der Waals surface area contributed by atoms with Crippen molar-refractivity contribution in [3.63, 3.8) is 0 Å². The predicted molar refractivity (Wildman–Crippen MR) is 65.7 cm³/mol. The molecule has 2 N–H and O–H groups in total. The molecule has 0 fully saturated rings. The van der Waals surface area contributed by atoms with Crippen LogP contribution in [0.25, 0.3) is 0 Å². The lowest BCUT2D eigenvalue weighted by atomic mass is 10.3. The molecule has 0 aliphatic heterocycles. The molecule has 0 aliphatic rings. The van der Waals surface area contributed by atoms with E-state index in [1.807, 2.05) is 0 Å².